The van der Waals surface area contributed by atoms with Gasteiger partial charge in [0.1, 0.15) is 0 Å². The minimum absolute atomic E-state index is 0.0833. The number of benzene rings is 1. The highest BCUT2D eigenvalue weighted by molar-refractivity contribution is 5.94. The van der Waals surface area contributed by atoms with Crippen LogP contribution in [0.15, 0.2) is 24.3 Å². The van der Waals surface area contributed by atoms with Crippen molar-refractivity contribution >= 4 is 5.91 Å². The number of carbonyl (C=O) groups excluding carboxylic acids is 1. The van der Waals surface area contributed by atoms with Crippen molar-refractivity contribution in [3.63, 3.8) is 0 Å². The van der Waals surface area contributed by atoms with E-state index in [0.717, 1.165) is 62.0 Å². The molecule has 1 aromatic carbocycles. The lowest BCUT2D eigenvalue weighted by Crippen LogP contribution is -2.30. The lowest BCUT2D eigenvalue weighted by molar-refractivity contribution is 0.0780. The molecular weight excluding hydrogens is 302 g/mol. The number of hydrogen-bond donors (Lipinski definition) is 2. The number of aliphatic hydroxyl groups is 1. The summed E-state index contributed by atoms with van der Waals surface area (Å²) in [4.78, 5) is 14.7. The van der Waals surface area contributed by atoms with Gasteiger partial charge in [-0.1, -0.05) is 24.3 Å². The fraction of sp³-hybridized carbons (Fsp3) is 0.474. The fourth-order valence-electron chi connectivity index (χ4n) is 3.94. The van der Waals surface area contributed by atoms with Gasteiger partial charge < -0.3 is 10.0 Å². The van der Waals surface area contributed by atoms with Gasteiger partial charge in [0, 0.05) is 24.3 Å². The van der Waals surface area contributed by atoms with Gasteiger partial charge in [-0.25, -0.2) is 0 Å². The number of carbonyl (C=O) groups is 1. The van der Waals surface area contributed by atoms with E-state index in [0.29, 0.717) is 11.6 Å². The summed E-state index contributed by atoms with van der Waals surface area (Å²) >= 11 is 0. The fourth-order valence-corrected chi connectivity index (χ4v) is 3.94. The Morgan fingerprint density at radius 2 is 2.04 bits per heavy atom. The lowest BCUT2D eigenvalue weighted by atomic mass is 9.98. The van der Waals surface area contributed by atoms with Gasteiger partial charge in [-0.15, -0.1) is 0 Å². The molecule has 1 aromatic heterocycles. The molecule has 0 saturated carbocycles. The Kier molecular flexibility index (Phi) is 4.10. The predicted octanol–water partition coefficient (Wildman–Crippen LogP) is 2.10. The number of nitrogens with one attached hydrogen (secondary N) is 1. The van der Waals surface area contributed by atoms with Gasteiger partial charge in [-0.05, 0) is 49.1 Å². The molecule has 4 rings (SSSR count). The molecule has 5 heteroatoms. The van der Waals surface area contributed by atoms with Gasteiger partial charge in [-0.3, -0.25) is 9.89 Å². The van der Waals surface area contributed by atoms with Crippen LogP contribution < -0.4 is 0 Å². The van der Waals surface area contributed by atoms with E-state index >= 15 is 0 Å². The number of amides is 1. The van der Waals surface area contributed by atoms with Crippen LogP contribution in [0.4, 0.5) is 0 Å². The summed E-state index contributed by atoms with van der Waals surface area (Å²) in [7, 11) is 0. The molecule has 1 saturated heterocycles. The third kappa shape index (κ3) is 2.84. The van der Waals surface area contributed by atoms with E-state index in [-0.39, 0.29) is 12.5 Å². The third-order valence-electron chi connectivity index (χ3n) is 5.31. The largest absolute Gasteiger partial charge is 0.392 e. The van der Waals surface area contributed by atoms with E-state index in [4.69, 9.17) is 5.11 Å². The van der Waals surface area contributed by atoms with Gasteiger partial charge >= 0.3 is 0 Å². The molecule has 2 heterocycles. The predicted molar refractivity (Wildman–Crippen MR) is 90.7 cm³/mol. The van der Waals surface area contributed by atoms with Crippen molar-refractivity contribution < 1.29 is 9.90 Å². The molecule has 1 fully saturated rings. The Hall–Kier alpha value is -2.14. The van der Waals surface area contributed by atoms with E-state index in [2.05, 4.69) is 22.3 Å². The number of nitrogens with zero attached hydrogens (tertiary/aromatic N) is 2. The van der Waals surface area contributed by atoms with E-state index in [1.165, 1.54) is 5.56 Å². The minimum Gasteiger partial charge on any atom is -0.392 e. The van der Waals surface area contributed by atoms with Gasteiger partial charge in [0.2, 0.25) is 0 Å². The van der Waals surface area contributed by atoms with Crippen LogP contribution in [0.25, 0.3) is 0 Å². The number of fused-ring (bicyclic) bond motifs is 1. The number of aliphatic hydroxyl groups excluding tert-OH is 1. The first-order valence-corrected chi connectivity index (χ1v) is 8.78. The molecule has 1 amide bonds. The molecule has 24 heavy (non-hydrogen) atoms. The van der Waals surface area contributed by atoms with Crippen LogP contribution in [0, 0.1) is 5.92 Å². The second kappa shape index (κ2) is 6.40. The van der Waals surface area contributed by atoms with Gasteiger partial charge in [0.15, 0.2) is 5.69 Å². The average molecular weight is 325 g/mol. The normalized spacial score (nSPS) is 19.7. The smallest absolute Gasteiger partial charge is 0.274 e. The van der Waals surface area contributed by atoms with E-state index in [1.54, 1.807) is 0 Å². The highest BCUT2D eigenvalue weighted by Crippen LogP contribution is 2.27. The maximum Gasteiger partial charge on any atom is 0.274 e. The number of H-pyrrole nitrogens is 1. The van der Waals surface area contributed by atoms with Crippen LogP contribution in [-0.4, -0.2) is 39.2 Å². The number of likely N-dealkylation sites (tertiary alicyclic amines) is 1. The van der Waals surface area contributed by atoms with Crippen molar-refractivity contribution in [2.75, 3.05) is 13.1 Å². The Balaban J connectivity index is 1.39. The average Bonchev–Trinajstić information content (AvgIpc) is 3.31. The molecule has 1 aliphatic carbocycles. The number of aryl methyl sites for hydroxylation is 1. The lowest BCUT2D eigenvalue weighted by Gasteiger charge is -2.16. The Morgan fingerprint density at radius 1 is 1.25 bits per heavy atom. The summed E-state index contributed by atoms with van der Waals surface area (Å²) in [5.74, 6) is 0.591. The Morgan fingerprint density at radius 3 is 2.83 bits per heavy atom. The highest BCUT2D eigenvalue weighted by atomic mass is 16.3. The number of aromatic amines is 1. The molecule has 1 atom stereocenters. The SMILES string of the molecule is O=C(c1n[nH]c2c1CCC2)N1CC[C@H](Cc2ccc(CO)cc2)C1. The van der Waals surface area contributed by atoms with Crippen molar-refractivity contribution in [2.45, 2.75) is 38.7 Å². The number of aromatic nitrogens is 2. The molecular formula is C19H23N3O2. The van der Waals surface area contributed by atoms with Crippen molar-refractivity contribution in [3.8, 4) is 0 Å². The van der Waals surface area contributed by atoms with Crippen LogP contribution in [0.5, 0.6) is 0 Å². The molecule has 1 aliphatic heterocycles. The first-order chi connectivity index (χ1) is 11.7. The van der Waals surface area contributed by atoms with Crippen molar-refractivity contribution in [1.82, 2.24) is 15.1 Å². The highest BCUT2D eigenvalue weighted by Gasteiger charge is 2.31. The van der Waals surface area contributed by atoms with Gasteiger partial charge in [-0.2, -0.15) is 5.10 Å². The number of rotatable bonds is 4. The summed E-state index contributed by atoms with van der Waals surface area (Å²) in [5.41, 5.74) is 5.15. The van der Waals surface area contributed by atoms with E-state index in [1.807, 2.05) is 17.0 Å². The zero-order valence-corrected chi connectivity index (χ0v) is 13.8. The van der Waals surface area contributed by atoms with Crippen molar-refractivity contribution in [1.29, 1.82) is 0 Å². The molecule has 0 radical (unpaired) electrons. The second-order valence-electron chi connectivity index (χ2n) is 6.97. The first kappa shape index (κ1) is 15.4. The topological polar surface area (TPSA) is 69.2 Å². The summed E-state index contributed by atoms with van der Waals surface area (Å²) in [6.07, 6.45) is 5.13. The molecule has 126 valence electrons. The molecule has 2 N–H and O–H groups in total. The molecule has 2 aromatic rings. The molecule has 0 bridgehead atoms. The van der Waals surface area contributed by atoms with Crippen LogP contribution in [0.2, 0.25) is 0 Å². The maximum atomic E-state index is 12.8. The summed E-state index contributed by atoms with van der Waals surface area (Å²) < 4.78 is 0. The van der Waals surface area contributed by atoms with Crippen molar-refractivity contribution in [2.24, 2.45) is 5.92 Å². The molecule has 2 aliphatic rings. The van der Waals surface area contributed by atoms with Crippen molar-refractivity contribution in [3.05, 3.63) is 52.3 Å². The van der Waals surface area contributed by atoms with Crippen LogP contribution in [0.3, 0.4) is 0 Å². The van der Waals surface area contributed by atoms with Crippen LogP contribution in [-0.2, 0) is 25.9 Å². The maximum absolute atomic E-state index is 12.8. The zero-order valence-electron chi connectivity index (χ0n) is 13.8. The zero-order chi connectivity index (χ0) is 16.5. The Labute approximate surface area is 141 Å². The summed E-state index contributed by atoms with van der Waals surface area (Å²) in [6.45, 7) is 1.71. The number of hydrogen-bond acceptors (Lipinski definition) is 3. The van der Waals surface area contributed by atoms with Crippen LogP contribution in [0.1, 0.15) is 45.7 Å². The Bertz CT molecular complexity index is 736. The molecule has 5 nitrogen and oxygen atoms in total. The van der Waals surface area contributed by atoms with Gasteiger partial charge in [0.05, 0.1) is 6.61 Å². The standard InChI is InChI=1S/C19H23N3O2/c23-12-14-6-4-13(5-7-14)10-15-8-9-22(11-15)19(24)18-16-2-1-3-17(16)20-21-18/h4-7,15,23H,1-3,8-12H2,(H,20,21)/t15-/m1/s1. The third-order valence-corrected chi connectivity index (χ3v) is 5.31. The second-order valence-corrected chi connectivity index (χ2v) is 6.97. The minimum atomic E-state index is 0.0833. The van der Waals surface area contributed by atoms with Gasteiger partial charge in [0.25, 0.3) is 5.91 Å². The molecule has 0 spiro atoms. The quantitative estimate of drug-likeness (QED) is 0.904. The molecule has 0 unspecified atom stereocenters. The first-order valence-electron chi connectivity index (χ1n) is 8.78. The van der Waals surface area contributed by atoms with E-state index < -0.39 is 0 Å². The van der Waals surface area contributed by atoms with Crippen LogP contribution >= 0.6 is 0 Å². The summed E-state index contributed by atoms with van der Waals surface area (Å²) in [6, 6.07) is 8.10. The summed E-state index contributed by atoms with van der Waals surface area (Å²) in [5, 5.41) is 16.4. The van der Waals surface area contributed by atoms with E-state index in [9.17, 15) is 4.79 Å². The monoisotopic (exact) mass is 325 g/mol.